The molecule has 0 saturated carbocycles. The third-order valence-electron chi connectivity index (χ3n) is 3.46. The van der Waals surface area contributed by atoms with Crippen molar-refractivity contribution in [1.29, 1.82) is 0 Å². The predicted molar refractivity (Wildman–Crippen MR) is 80.9 cm³/mol. The maximum atomic E-state index is 12.5. The number of piperazine rings is 1. The molecule has 1 rings (SSSR count). The second kappa shape index (κ2) is 9.73. The standard InChI is InChI=1S/C13H26N3O3S.HI/c1-5-19-13(18)15(8-11-20-4)12(17)14-6-9-16(2,3)10-7-14;/h5-11H2,1-4H3;1H/q+1;/p-1. The number of nitrogens with zero attached hydrogens (tertiary/aromatic N) is 3. The van der Waals surface area contributed by atoms with Gasteiger partial charge in [-0.2, -0.15) is 11.8 Å². The minimum atomic E-state index is -0.536. The monoisotopic (exact) mass is 431 g/mol. The lowest BCUT2D eigenvalue weighted by Gasteiger charge is -2.40. The van der Waals surface area contributed by atoms with E-state index in [9.17, 15) is 9.59 Å². The summed E-state index contributed by atoms with van der Waals surface area (Å²) < 4.78 is 5.89. The van der Waals surface area contributed by atoms with Gasteiger partial charge >= 0.3 is 12.1 Å². The van der Waals surface area contributed by atoms with Gasteiger partial charge in [0.2, 0.25) is 0 Å². The number of hydrogen-bond acceptors (Lipinski definition) is 4. The molecule has 0 spiro atoms. The molecule has 6 nitrogen and oxygen atoms in total. The first-order valence-corrected chi connectivity index (χ1v) is 8.35. The molecule has 1 aliphatic heterocycles. The molecule has 21 heavy (non-hydrogen) atoms. The van der Waals surface area contributed by atoms with Crippen LogP contribution < -0.4 is 24.0 Å². The highest BCUT2D eigenvalue weighted by molar-refractivity contribution is 7.98. The Kier molecular flexibility index (Phi) is 9.63. The van der Waals surface area contributed by atoms with Crippen molar-refractivity contribution in [3.8, 4) is 0 Å². The Labute approximate surface area is 148 Å². The van der Waals surface area contributed by atoms with Gasteiger partial charge in [0, 0.05) is 12.3 Å². The number of hydrogen-bond donors (Lipinski definition) is 0. The molecule has 3 amide bonds. The summed E-state index contributed by atoms with van der Waals surface area (Å²) in [6.07, 6.45) is 1.42. The number of ether oxygens (including phenoxy) is 1. The molecular weight excluding hydrogens is 405 g/mol. The van der Waals surface area contributed by atoms with Gasteiger partial charge in [-0.15, -0.1) is 0 Å². The van der Waals surface area contributed by atoms with Crippen LogP contribution in [0.3, 0.4) is 0 Å². The van der Waals surface area contributed by atoms with E-state index in [0.29, 0.717) is 19.6 Å². The lowest BCUT2D eigenvalue weighted by Crippen LogP contribution is -3.00. The van der Waals surface area contributed by atoms with E-state index >= 15 is 0 Å². The van der Waals surface area contributed by atoms with Crippen molar-refractivity contribution in [3.63, 3.8) is 0 Å². The third kappa shape index (κ3) is 6.60. The molecule has 1 saturated heterocycles. The lowest BCUT2D eigenvalue weighted by molar-refractivity contribution is -0.894. The highest BCUT2D eigenvalue weighted by atomic mass is 127. The zero-order chi connectivity index (χ0) is 15.2. The average molecular weight is 431 g/mol. The molecule has 0 bridgehead atoms. The SMILES string of the molecule is CCOC(=O)N(CCSC)C(=O)N1CC[N+](C)(C)CC1.[I-]. The Bertz CT molecular complexity index is 346. The summed E-state index contributed by atoms with van der Waals surface area (Å²) in [6, 6.07) is -0.225. The van der Waals surface area contributed by atoms with Gasteiger partial charge in [0.15, 0.2) is 0 Å². The molecule has 0 aromatic heterocycles. The van der Waals surface area contributed by atoms with Crippen LogP contribution in [-0.4, -0.2) is 91.8 Å². The molecule has 0 radical (unpaired) electrons. The van der Waals surface area contributed by atoms with E-state index in [1.165, 1.54) is 4.90 Å². The van der Waals surface area contributed by atoms with Gasteiger partial charge in [-0.05, 0) is 13.2 Å². The fourth-order valence-electron chi connectivity index (χ4n) is 2.02. The predicted octanol–water partition coefficient (Wildman–Crippen LogP) is -1.68. The summed E-state index contributed by atoms with van der Waals surface area (Å²) >= 11 is 1.61. The molecule has 1 heterocycles. The molecule has 1 fully saturated rings. The van der Waals surface area contributed by atoms with E-state index in [-0.39, 0.29) is 36.6 Å². The van der Waals surface area contributed by atoms with Crippen molar-refractivity contribution in [3.05, 3.63) is 0 Å². The zero-order valence-electron chi connectivity index (χ0n) is 13.3. The number of imide groups is 1. The number of halogens is 1. The van der Waals surface area contributed by atoms with Gasteiger partial charge in [0.25, 0.3) is 0 Å². The summed E-state index contributed by atoms with van der Waals surface area (Å²) in [5.41, 5.74) is 0. The van der Waals surface area contributed by atoms with Gasteiger partial charge in [0.1, 0.15) is 0 Å². The molecule has 0 atom stereocenters. The van der Waals surface area contributed by atoms with Crippen molar-refractivity contribution in [2.24, 2.45) is 0 Å². The Morgan fingerprint density at radius 2 is 1.86 bits per heavy atom. The van der Waals surface area contributed by atoms with E-state index in [4.69, 9.17) is 4.74 Å². The molecule has 0 N–H and O–H groups in total. The Morgan fingerprint density at radius 3 is 2.33 bits per heavy atom. The van der Waals surface area contributed by atoms with Crippen LogP contribution in [0.5, 0.6) is 0 Å². The number of amides is 3. The second-order valence-electron chi connectivity index (χ2n) is 5.50. The van der Waals surface area contributed by atoms with E-state index < -0.39 is 6.09 Å². The highest BCUT2D eigenvalue weighted by Gasteiger charge is 2.32. The van der Waals surface area contributed by atoms with Crippen LogP contribution in [0.1, 0.15) is 6.92 Å². The maximum Gasteiger partial charge on any atom is 0.417 e. The zero-order valence-corrected chi connectivity index (χ0v) is 16.3. The van der Waals surface area contributed by atoms with Crippen molar-refractivity contribution < 1.29 is 42.8 Å². The molecule has 0 aliphatic carbocycles. The minimum Gasteiger partial charge on any atom is -1.00 e. The molecule has 0 unspecified atom stereocenters. The minimum absolute atomic E-state index is 0. The van der Waals surface area contributed by atoms with Crippen molar-refractivity contribution in [1.82, 2.24) is 9.80 Å². The van der Waals surface area contributed by atoms with Gasteiger partial charge < -0.3 is 38.1 Å². The van der Waals surface area contributed by atoms with Crippen molar-refractivity contribution in [2.75, 3.05) is 65.4 Å². The number of carbonyl (C=O) groups is 2. The first-order valence-electron chi connectivity index (χ1n) is 6.95. The molecule has 124 valence electrons. The third-order valence-corrected chi connectivity index (χ3v) is 4.05. The smallest absolute Gasteiger partial charge is 0.417 e. The lowest BCUT2D eigenvalue weighted by atomic mass is 10.3. The Balaban J connectivity index is 0.00000400. The largest absolute Gasteiger partial charge is 1.00 e. The van der Waals surface area contributed by atoms with Crippen LogP contribution in [0.25, 0.3) is 0 Å². The molecular formula is C13H26IN3O3S. The van der Waals surface area contributed by atoms with Crippen LogP contribution in [0, 0.1) is 0 Å². The quantitative estimate of drug-likeness (QED) is 0.395. The first kappa shape index (κ1) is 20.8. The van der Waals surface area contributed by atoms with Crippen LogP contribution >= 0.6 is 11.8 Å². The molecule has 0 aromatic carbocycles. The second-order valence-corrected chi connectivity index (χ2v) is 6.48. The molecule has 0 aromatic rings. The number of thioether (sulfide) groups is 1. The number of quaternary nitrogens is 1. The normalized spacial score (nSPS) is 16.9. The van der Waals surface area contributed by atoms with Crippen LogP contribution in [0.2, 0.25) is 0 Å². The summed E-state index contributed by atoms with van der Waals surface area (Å²) in [5.74, 6) is 0.722. The van der Waals surface area contributed by atoms with E-state index in [1.807, 2.05) is 6.26 Å². The maximum absolute atomic E-state index is 12.5. The first-order chi connectivity index (χ1) is 9.41. The number of likely N-dealkylation sites (N-methyl/N-ethyl adjacent to an activating group) is 1. The fraction of sp³-hybridized carbons (Fsp3) is 0.846. The number of carbonyl (C=O) groups excluding carboxylic acids is 2. The summed E-state index contributed by atoms with van der Waals surface area (Å²) in [6.45, 7) is 5.60. The topological polar surface area (TPSA) is 49.9 Å². The van der Waals surface area contributed by atoms with Crippen molar-refractivity contribution in [2.45, 2.75) is 6.92 Å². The van der Waals surface area contributed by atoms with Crippen LogP contribution in [0.4, 0.5) is 9.59 Å². The van der Waals surface area contributed by atoms with Crippen LogP contribution in [-0.2, 0) is 4.74 Å². The van der Waals surface area contributed by atoms with Gasteiger partial charge in [-0.25, -0.2) is 14.5 Å². The van der Waals surface area contributed by atoms with Gasteiger partial charge in [-0.3, -0.25) is 0 Å². The summed E-state index contributed by atoms with van der Waals surface area (Å²) in [4.78, 5) is 27.3. The average Bonchev–Trinajstić information content (AvgIpc) is 2.39. The van der Waals surface area contributed by atoms with E-state index in [0.717, 1.165) is 23.3 Å². The summed E-state index contributed by atoms with van der Waals surface area (Å²) in [7, 11) is 4.30. The van der Waals surface area contributed by atoms with Crippen molar-refractivity contribution >= 4 is 23.9 Å². The number of urea groups is 1. The fourth-order valence-corrected chi connectivity index (χ4v) is 2.38. The van der Waals surface area contributed by atoms with Gasteiger partial charge in [0.05, 0.1) is 46.9 Å². The van der Waals surface area contributed by atoms with Gasteiger partial charge in [-0.1, -0.05) is 0 Å². The summed E-state index contributed by atoms with van der Waals surface area (Å²) in [5, 5.41) is 0. The molecule has 1 aliphatic rings. The molecule has 8 heteroatoms. The number of rotatable bonds is 4. The van der Waals surface area contributed by atoms with Crippen LogP contribution in [0.15, 0.2) is 0 Å². The Hall–Kier alpha value is -0.220. The van der Waals surface area contributed by atoms with E-state index in [2.05, 4.69) is 14.1 Å². The highest BCUT2D eigenvalue weighted by Crippen LogP contribution is 2.11. The Morgan fingerprint density at radius 1 is 1.29 bits per heavy atom. The van der Waals surface area contributed by atoms with E-state index in [1.54, 1.807) is 23.6 Å².